The first kappa shape index (κ1) is 28.6. The minimum absolute atomic E-state index is 0.00889. The van der Waals surface area contributed by atoms with E-state index in [2.05, 4.69) is 26.6 Å². The van der Waals surface area contributed by atoms with Crippen LogP contribution in [0.4, 0.5) is 11.4 Å². The minimum Gasteiger partial charge on any atom is -0.494 e. The first-order valence-electron chi connectivity index (χ1n) is 13.9. The Hall–Kier alpha value is -2.95. The maximum Gasteiger partial charge on any atom is 0.250 e. The van der Waals surface area contributed by atoms with Crippen LogP contribution < -0.4 is 15.4 Å². The Bertz CT molecular complexity index is 1270. The molecule has 2 aromatic carbocycles. The van der Waals surface area contributed by atoms with Crippen molar-refractivity contribution in [1.82, 2.24) is 4.90 Å². The zero-order valence-corrected chi connectivity index (χ0v) is 24.6. The molecule has 3 N–H and O–H groups in total. The number of ether oxygens (including phenoxy) is 2. The van der Waals surface area contributed by atoms with Gasteiger partial charge in [0.05, 0.1) is 24.5 Å². The summed E-state index contributed by atoms with van der Waals surface area (Å²) < 4.78 is 12.0. The third kappa shape index (κ3) is 4.90. The van der Waals surface area contributed by atoms with Crippen LogP contribution in [0.5, 0.6) is 5.75 Å². The number of aliphatic hydroxyl groups excluding tert-OH is 1. The van der Waals surface area contributed by atoms with Crippen LogP contribution in [0, 0.1) is 25.7 Å². The molecule has 9 nitrogen and oxygen atoms in total. The highest BCUT2D eigenvalue weighted by atomic mass is 79.9. The first-order valence-corrected chi connectivity index (χ1v) is 14.8. The van der Waals surface area contributed by atoms with E-state index in [1.54, 1.807) is 29.2 Å². The van der Waals surface area contributed by atoms with Crippen molar-refractivity contribution in [3.63, 3.8) is 0 Å². The molecule has 10 heteroatoms. The summed E-state index contributed by atoms with van der Waals surface area (Å²) in [4.78, 5) is 43.2. The van der Waals surface area contributed by atoms with E-state index in [9.17, 15) is 19.5 Å². The molecule has 1 spiro atoms. The van der Waals surface area contributed by atoms with Crippen LogP contribution >= 0.6 is 15.9 Å². The van der Waals surface area contributed by atoms with Gasteiger partial charge in [0, 0.05) is 29.4 Å². The highest BCUT2D eigenvalue weighted by molar-refractivity contribution is 9.09. The van der Waals surface area contributed by atoms with Gasteiger partial charge in [-0.3, -0.25) is 14.4 Å². The molecule has 3 saturated heterocycles. The predicted molar refractivity (Wildman–Crippen MR) is 155 cm³/mol. The SMILES string of the molecule is CCOc1ccc(NC(=O)[C@H]2[C@@H]3OC4(CC3Br)C(C(=O)Nc3c(C)cccc3C)N(CCCCO)C(=O)[C@H]24)cc1. The van der Waals surface area contributed by atoms with Crippen molar-refractivity contribution in [2.45, 2.75) is 62.6 Å². The monoisotopic (exact) mass is 613 g/mol. The second-order valence-corrected chi connectivity index (χ2v) is 12.0. The molecule has 3 aliphatic heterocycles. The maximum absolute atomic E-state index is 14.0. The Kier molecular flexibility index (Phi) is 8.22. The summed E-state index contributed by atoms with van der Waals surface area (Å²) in [5.41, 5.74) is 1.99. The molecule has 214 valence electrons. The van der Waals surface area contributed by atoms with E-state index in [1.165, 1.54) is 0 Å². The number of nitrogens with one attached hydrogen (secondary N) is 2. The summed E-state index contributed by atoms with van der Waals surface area (Å²) in [5.74, 6) is -1.76. The quantitative estimate of drug-likeness (QED) is 0.277. The number of aliphatic hydroxyl groups is 1. The van der Waals surface area contributed by atoms with Gasteiger partial charge in [-0.05, 0) is 75.4 Å². The first-order chi connectivity index (χ1) is 19.2. The normalized spacial score (nSPS) is 28.5. The number of alkyl halides is 1. The molecule has 3 heterocycles. The molecule has 3 fully saturated rings. The average Bonchev–Trinajstić information content (AvgIpc) is 3.51. The van der Waals surface area contributed by atoms with Gasteiger partial charge in [0.15, 0.2) is 0 Å². The number of amides is 3. The predicted octanol–water partition coefficient (Wildman–Crippen LogP) is 3.80. The molecule has 0 radical (unpaired) electrons. The van der Waals surface area contributed by atoms with Crippen LogP contribution in [0.2, 0.25) is 0 Å². The number of nitrogens with zero attached hydrogens (tertiary/aromatic N) is 1. The van der Waals surface area contributed by atoms with Gasteiger partial charge >= 0.3 is 0 Å². The molecule has 2 bridgehead atoms. The van der Waals surface area contributed by atoms with Crippen LogP contribution in [0.25, 0.3) is 0 Å². The van der Waals surface area contributed by atoms with Gasteiger partial charge in [0.2, 0.25) is 17.7 Å². The van der Waals surface area contributed by atoms with Gasteiger partial charge in [-0.2, -0.15) is 0 Å². The molecule has 0 aliphatic carbocycles. The second kappa shape index (κ2) is 11.5. The minimum atomic E-state index is -1.14. The summed E-state index contributed by atoms with van der Waals surface area (Å²) in [6.45, 7) is 6.57. The van der Waals surface area contributed by atoms with Crippen molar-refractivity contribution in [3.05, 3.63) is 53.6 Å². The number of carbonyl (C=O) groups excluding carboxylic acids is 3. The summed E-state index contributed by atoms with van der Waals surface area (Å²) in [6, 6.07) is 12.0. The standard InChI is InChI=1S/C30H36BrN3O6/c1-4-39-20-12-10-19(11-13-20)32-27(36)22-23-29(38)34(14-5-6-15-35)26(30(23)16-21(31)25(22)40-30)28(37)33-24-17(2)8-7-9-18(24)3/h7-13,21-23,25-26,35H,4-6,14-16H2,1-3H3,(H,32,36)(H,33,37)/t21?,22-,23+,25-,26?,30?/m1/s1. The Labute approximate surface area is 242 Å². The number of halogens is 1. The molecular weight excluding hydrogens is 578 g/mol. The number of carbonyl (C=O) groups is 3. The van der Waals surface area contributed by atoms with Crippen molar-refractivity contribution < 1.29 is 29.0 Å². The molecule has 0 saturated carbocycles. The zero-order valence-electron chi connectivity index (χ0n) is 23.0. The van der Waals surface area contributed by atoms with Crippen LogP contribution in [0.15, 0.2) is 42.5 Å². The number of anilines is 2. The molecule has 40 heavy (non-hydrogen) atoms. The lowest BCUT2D eigenvalue weighted by Gasteiger charge is -2.34. The summed E-state index contributed by atoms with van der Waals surface area (Å²) in [7, 11) is 0. The number of hydrogen-bond donors (Lipinski definition) is 3. The van der Waals surface area contributed by atoms with E-state index < -0.39 is 29.6 Å². The van der Waals surface area contributed by atoms with E-state index in [4.69, 9.17) is 9.47 Å². The van der Waals surface area contributed by atoms with Gasteiger partial charge < -0.3 is 30.1 Å². The lowest BCUT2D eigenvalue weighted by Crippen LogP contribution is -2.54. The van der Waals surface area contributed by atoms with Crippen molar-refractivity contribution >= 4 is 45.0 Å². The van der Waals surface area contributed by atoms with Crippen LogP contribution in [-0.4, -0.2) is 70.1 Å². The van der Waals surface area contributed by atoms with Gasteiger partial charge in [0.1, 0.15) is 17.4 Å². The number of hydrogen-bond acceptors (Lipinski definition) is 6. The summed E-state index contributed by atoms with van der Waals surface area (Å²) in [5, 5.41) is 15.4. The van der Waals surface area contributed by atoms with Gasteiger partial charge in [-0.25, -0.2) is 0 Å². The lowest BCUT2D eigenvalue weighted by molar-refractivity contribution is -0.139. The van der Waals surface area contributed by atoms with E-state index in [-0.39, 0.29) is 35.7 Å². The fourth-order valence-electron chi connectivity index (χ4n) is 6.59. The summed E-state index contributed by atoms with van der Waals surface area (Å²) >= 11 is 3.70. The third-order valence-corrected chi connectivity index (χ3v) is 9.15. The van der Waals surface area contributed by atoms with Crippen LogP contribution in [0.1, 0.15) is 37.3 Å². The fourth-order valence-corrected chi connectivity index (χ4v) is 7.54. The molecular formula is C30H36BrN3O6. The zero-order chi connectivity index (χ0) is 28.6. The number of rotatable bonds is 10. The highest BCUT2D eigenvalue weighted by Gasteiger charge is 2.76. The Morgan fingerprint density at radius 1 is 1.10 bits per heavy atom. The Morgan fingerprint density at radius 2 is 1.80 bits per heavy atom. The summed E-state index contributed by atoms with van der Waals surface area (Å²) in [6.07, 6.45) is 0.913. The molecule has 3 unspecified atom stereocenters. The second-order valence-electron chi connectivity index (χ2n) is 10.8. The van der Waals surface area contributed by atoms with Crippen molar-refractivity contribution in [2.24, 2.45) is 11.8 Å². The van der Waals surface area contributed by atoms with Crippen LogP contribution in [0.3, 0.4) is 0 Å². The molecule has 3 aliphatic rings. The number of fused-ring (bicyclic) bond motifs is 1. The number of benzene rings is 2. The van der Waals surface area contributed by atoms with Crippen molar-refractivity contribution in [3.8, 4) is 5.75 Å². The van der Waals surface area contributed by atoms with Crippen LogP contribution in [-0.2, 0) is 19.1 Å². The van der Waals surface area contributed by atoms with E-state index in [0.717, 1.165) is 11.1 Å². The molecule has 6 atom stereocenters. The maximum atomic E-state index is 14.0. The molecule has 5 rings (SSSR count). The Morgan fingerprint density at radius 3 is 2.45 bits per heavy atom. The van der Waals surface area contributed by atoms with E-state index in [0.29, 0.717) is 43.0 Å². The number of unbranched alkanes of at least 4 members (excludes halogenated alkanes) is 1. The Balaban J connectivity index is 1.46. The molecule has 0 aromatic heterocycles. The van der Waals surface area contributed by atoms with Gasteiger partial charge in [-0.1, -0.05) is 34.1 Å². The van der Waals surface area contributed by atoms with Crippen molar-refractivity contribution in [1.29, 1.82) is 0 Å². The fraction of sp³-hybridized carbons (Fsp3) is 0.500. The van der Waals surface area contributed by atoms with E-state index >= 15 is 0 Å². The largest absolute Gasteiger partial charge is 0.494 e. The topological polar surface area (TPSA) is 117 Å². The molecule has 2 aromatic rings. The van der Waals surface area contributed by atoms with E-state index in [1.807, 2.05) is 39.0 Å². The highest BCUT2D eigenvalue weighted by Crippen LogP contribution is 2.60. The van der Waals surface area contributed by atoms with Gasteiger partial charge in [-0.15, -0.1) is 0 Å². The lowest BCUT2D eigenvalue weighted by atomic mass is 9.70. The third-order valence-electron chi connectivity index (χ3n) is 8.31. The number of likely N-dealkylation sites (tertiary alicyclic amines) is 1. The smallest absolute Gasteiger partial charge is 0.250 e. The number of aryl methyl sites for hydroxylation is 2. The molecule has 3 amide bonds. The average molecular weight is 615 g/mol. The van der Waals surface area contributed by atoms with Crippen molar-refractivity contribution in [2.75, 3.05) is 30.4 Å². The number of para-hydroxylation sites is 1. The van der Waals surface area contributed by atoms with Gasteiger partial charge in [0.25, 0.3) is 0 Å².